The summed E-state index contributed by atoms with van der Waals surface area (Å²) in [7, 11) is 0. The van der Waals surface area contributed by atoms with Crippen molar-refractivity contribution in [3.8, 4) is 0 Å². The van der Waals surface area contributed by atoms with Gasteiger partial charge >= 0.3 is 12.3 Å². The molecule has 134 valence electrons. The van der Waals surface area contributed by atoms with Crippen LogP contribution >= 0.6 is 0 Å². The molecule has 24 heavy (non-hydrogen) atoms. The number of allylic oxidation sites excluding steroid dienone is 1. The minimum Gasteiger partial charge on any atom is -0.316 e. The van der Waals surface area contributed by atoms with Crippen molar-refractivity contribution in [3.63, 3.8) is 0 Å². The highest BCUT2D eigenvalue weighted by Crippen LogP contribution is 2.37. The molecule has 0 N–H and O–H groups in total. The average Bonchev–Trinajstić information content (AvgIpc) is 2.53. The Labute approximate surface area is 138 Å². The van der Waals surface area contributed by atoms with E-state index in [0.717, 1.165) is 49.9 Å². The van der Waals surface area contributed by atoms with Gasteiger partial charge in [0.25, 0.3) is 0 Å². The Morgan fingerprint density at radius 2 is 1.58 bits per heavy atom. The number of ether oxygens (including phenoxy) is 1. The molecule has 1 aromatic carbocycles. The van der Waals surface area contributed by atoms with E-state index >= 15 is 0 Å². The predicted octanol–water partition coefficient (Wildman–Crippen LogP) is 6.20. The van der Waals surface area contributed by atoms with Gasteiger partial charge in [-0.1, -0.05) is 18.2 Å². The molecule has 1 nitrogen and oxygen atoms in total. The second-order valence-electron chi connectivity index (χ2n) is 6.34. The van der Waals surface area contributed by atoms with Crippen LogP contribution in [0.5, 0.6) is 0 Å². The Hall–Kier alpha value is -1.43. The summed E-state index contributed by atoms with van der Waals surface area (Å²) < 4.78 is 69.9. The summed E-state index contributed by atoms with van der Waals surface area (Å²) >= 11 is 0. The zero-order valence-electron chi connectivity index (χ0n) is 13.3. The minimum atomic E-state index is -4.44. The lowest BCUT2D eigenvalue weighted by Crippen LogP contribution is -2.26. The van der Waals surface area contributed by atoms with Crippen LogP contribution in [0, 0.1) is 11.8 Å². The molecular formula is C18H21F5O. The zero-order chi connectivity index (χ0) is 17.8. The van der Waals surface area contributed by atoms with Crippen LogP contribution in [0.4, 0.5) is 22.0 Å². The largest absolute Gasteiger partial charge is 0.416 e. The molecule has 1 saturated carbocycles. The summed E-state index contributed by atoms with van der Waals surface area (Å²) in [6, 6.07) is 4.06. The second kappa shape index (κ2) is 7.64. The van der Waals surface area contributed by atoms with E-state index in [2.05, 4.69) is 11.3 Å². The number of alkyl halides is 5. The van der Waals surface area contributed by atoms with Crippen molar-refractivity contribution in [2.45, 2.75) is 51.0 Å². The highest BCUT2D eigenvalue weighted by molar-refractivity contribution is 5.24. The molecule has 1 aromatic rings. The van der Waals surface area contributed by atoms with Crippen molar-refractivity contribution in [2.75, 3.05) is 0 Å². The van der Waals surface area contributed by atoms with Gasteiger partial charge in [0.05, 0.1) is 12.2 Å². The van der Waals surface area contributed by atoms with E-state index in [-0.39, 0.29) is 17.9 Å². The number of hydrogen-bond acceptors (Lipinski definition) is 1. The van der Waals surface area contributed by atoms with Crippen molar-refractivity contribution in [2.24, 2.45) is 11.8 Å². The lowest BCUT2D eigenvalue weighted by molar-refractivity contribution is -0.256. The quantitative estimate of drug-likeness (QED) is 0.439. The topological polar surface area (TPSA) is 9.23 Å². The molecule has 0 aliphatic heterocycles. The van der Waals surface area contributed by atoms with E-state index in [1.54, 1.807) is 0 Å². The molecule has 0 spiro atoms. The number of rotatable bonds is 6. The highest BCUT2D eigenvalue weighted by Gasteiger charge is 2.35. The SMILES string of the molecule is C=C[C@H]1CC[C@H](CC(F)(F)OCc2ccc(C(F)(F)F)cc2)CC1. The van der Waals surface area contributed by atoms with Gasteiger partial charge in [-0.25, -0.2) is 0 Å². The maximum atomic E-state index is 13.9. The fourth-order valence-corrected chi connectivity index (χ4v) is 3.00. The maximum absolute atomic E-state index is 13.9. The van der Waals surface area contributed by atoms with E-state index in [4.69, 9.17) is 0 Å². The Bertz CT molecular complexity index is 527. The normalized spacial score (nSPS) is 22.4. The molecule has 0 amide bonds. The van der Waals surface area contributed by atoms with Gasteiger partial charge in [0.15, 0.2) is 0 Å². The van der Waals surface area contributed by atoms with Gasteiger partial charge in [-0.2, -0.15) is 22.0 Å². The monoisotopic (exact) mass is 348 g/mol. The Balaban J connectivity index is 1.83. The molecular weight excluding hydrogens is 327 g/mol. The lowest BCUT2D eigenvalue weighted by atomic mass is 9.80. The molecule has 6 heteroatoms. The first-order valence-corrected chi connectivity index (χ1v) is 8.00. The van der Waals surface area contributed by atoms with Crippen LogP contribution in [0.25, 0.3) is 0 Å². The van der Waals surface area contributed by atoms with E-state index in [0.29, 0.717) is 5.92 Å². The number of benzene rings is 1. The van der Waals surface area contributed by atoms with Gasteiger partial charge in [0.1, 0.15) is 0 Å². The van der Waals surface area contributed by atoms with Crippen LogP contribution in [-0.2, 0) is 17.5 Å². The van der Waals surface area contributed by atoms with E-state index in [9.17, 15) is 22.0 Å². The van der Waals surface area contributed by atoms with Crippen molar-refractivity contribution in [3.05, 3.63) is 48.0 Å². The standard InChI is InChI=1S/C18H21F5O/c1-2-13-3-5-14(6-4-13)11-17(19,20)24-12-15-7-9-16(10-8-15)18(21,22)23/h2,7-10,13-14H,1,3-6,11-12H2/t13-,14-. The lowest BCUT2D eigenvalue weighted by Gasteiger charge is -2.29. The van der Waals surface area contributed by atoms with E-state index in [1.807, 2.05) is 6.08 Å². The van der Waals surface area contributed by atoms with E-state index < -0.39 is 24.5 Å². The fraction of sp³-hybridized carbons (Fsp3) is 0.556. The summed E-state index contributed by atoms with van der Waals surface area (Å²) in [4.78, 5) is 0. The summed E-state index contributed by atoms with van der Waals surface area (Å²) in [5.41, 5.74) is -0.518. The first-order valence-electron chi connectivity index (χ1n) is 8.00. The Morgan fingerprint density at radius 1 is 1.00 bits per heavy atom. The van der Waals surface area contributed by atoms with Crippen LogP contribution in [0.3, 0.4) is 0 Å². The molecule has 0 saturated heterocycles. The van der Waals surface area contributed by atoms with Gasteiger partial charge < -0.3 is 4.74 Å². The van der Waals surface area contributed by atoms with Crippen molar-refractivity contribution >= 4 is 0 Å². The third kappa shape index (κ3) is 5.58. The van der Waals surface area contributed by atoms with Crippen LogP contribution < -0.4 is 0 Å². The maximum Gasteiger partial charge on any atom is 0.416 e. The Kier molecular flexibility index (Phi) is 6.01. The van der Waals surface area contributed by atoms with Crippen molar-refractivity contribution in [1.82, 2.24) is 0 Å². The van der Waals surface area contributed by atoms with Crippen LogP contribution in [0.1, 0.15) is 43.2 Å². The molecule has 1 aliphatic rings. The summed E-state index contributed by atoms with van der Waals surface area (Å²) in [5, 5.41) is 0. The van der Waals surface area contributed by atoms with Gasteiger partial charge in [-0.3, -0.25) is 0 Å². The zero-order valence-corrected chi connectivity index (χ0v) is 13.3. The van der Waals surface area contributed by atoms with Crippen LogP contribution in [-0.4, -0.2) is 6.11 Å². The third-order valence-corrected chi connectivity index (χ3v) is 4.48. The van der Waals surface area contributed by atoms with Gasteiger partial charge in [-0.05, 0) is 55.2 Å². The number of hydrogen-bond donors (Lipinski definition) is 0. The first-order chi connectivity index (χ1) is 11.2. The number of halogens is 5. The summed E-state index contributed by atoms with van der Waals surface area (Å²) in [5.74, 6) is 0.312. The molecule has 0 aromatic heterocycles. The predicted molar refractivity (Wildman–Crippen MR) is 81.4 cm³/mol. The Morgan fingerprint density at radius 3 is 2.08 bits per heavy atom. The van der Waals surface area contributed by atoms with E-state index in [1.165, 1.54) is 0 Å². The highest BCUT2D eigenvalue weighted by atomic mass is 19.4. The molecule has 0 atom stereocenters. The summed E-state index contributed by atoms with van der Waals surface area (Å²) in [6.45, 7) is 3.32. The van der Waals surface area contributed by atoms with Crippen LogP contribution in [0.2, 0.25) is 0 Å². The first kappa shape index (κ1) is 18.9. The van der Waals surface area contributed by atoms with Crippen molar-refractivity contribution < 1.29 is 26.7 Å². The second-order valence-corrected chi connectivity index (χ2v) is 6.34. The van der Waals surface area contributed by atoms with Gasteiger partial charge in [0, 0.05) is 6.42 Å². The van der Waals surface area contributed by atoms with Gasteiger partial charge in [-0.15, -0.1) is 6.58 Å². The minimum absolute atomic E-state index is 0.0937. The molecule has 0 bridgehead atoms. The smallest absolute Gasteiger partial charge is 0.316 e. The van der Waals surface area contributed by atoms with Crippen LogP contribution in [0.15, 0.2) is 36.9 Å². The average molecular weight is 348 g/mol. The van der Waals surface area contributed by atoms with Gasteiger partial charge in [0.2, 0.25) is 0 Å². The molecule has 2 rings (SSSR count). The van der Waals surface area contributed by atoms with Crippen molar-refractivity contribution in [1.29, 1.82) is 0 Å². The molecule has 1 aliphatic carbocycles. The molecule has 1 fully saturated rings. The molecule has 0 unspecified atom stereocenters. The third-order valence-electron chi connectivity index (χ3n) is 4.48. The fourth-order valence-electron chi connectivity index (χ4n) is 3.00. The molecule has 0 heterocycles. The molecule has 0 radical (unpaired) electrons. The summed E-state index contributed by atoms with van der Waals surface area (Å²) in [6.07, 6.45) is -3.02.